The standard InChI is InChI=1S/C28H27ClF2N4/c29-23-6-1-3-17(25(23)30)12-18-11-16-9-10-21(26(31)22(16)13-33-18)20-5-2-4-19(15-7-8-15)27-24(20)28(32)35-14-34-27/h1,3,5-6,9-11,13,15,19,23,25,35H,2,4,7-8,12,14,32H2. The summed E-state index contributed by atoms with van der Waals surface area (Å²) in [5, 5.41) is 3.63. The van der Waals surface area contributed by atoms with Crippen molar-refractivity contribution in [2.45, 2.75) is 43.7 Å². The Bertz CT molecular complexity index is 1350. The van der Waals surface area contributed by atoms with E-state index in [1.54, 1.807) is 24.4 Å². The molecular formula is C28H27ClF2N4. The summed E-state index contributed by atoms with van der Waals surface area (Å²) >= 11 is 6.03. The fraction of sp³-hybridized carbons (Fsp3) is 0.357. The van der Waals surface area contributed by atoms with Crippen LogP contribution in [0.5, 0.6) is 0 Å². The van der Waals surface area contributed by atoms with Gasteiger partial charge in [-0.3, -0.25) is 9.98 Å². The van der Waals surface area contributed by atoms with Crippen LogP contribution in [0.15, 0.2) is 70.7 Å². The van der Waals surface area contributed by atoms with Gasteiger partial charge >= 0.3 is 0 Å². The Morgan fingerprint density at radius 3 is 2.89 bits per heavy atom. The number of nitrogens with one attached hydrogen (secondary N) is 1. The molecule has 3 unspecified atom stereocenters. The summed E-state index contributed by atoms with van der Waals surface area (Å²) < 4.78 is 30.4. The first-order valence-corrected chi connectivity index (χ1v) is 12.7. The van der Waals surface area contributed by atoms with Crippen LogP contribution in [0.1, 0.15) is 36.9 Å². The van der Waals surface area contributed by atoms with E-state index in [1.165, 1.54) is 12.8 Å². The van der Waals surface area contributed by atoms with Crippen molar-refractivity contribution in [2.75, 3.05) is 6.67 Å². The van der Waals surface area contributed by atoms with E-state index in [2.05, 4.69) is 16.4 Å². The quantitative estimate of drug-likeness (QED) is 0.535. The first kappa shape index (κ1) is 22.5. The Labute approximate surface area is 208 Å². The number of fused-ring (bicyclic) bond motifs is 2. The maximum atomic E-state index is 15.9. The van der Waals surface area contributed by atoms with Crippen molar-refractivity contribution in [1.82, 2.24) is 10.3 Å². The molecule has 35 heavy (non-hydrogen) atoms. The number of alkyl halides is 2. The van der Waals surface area contributed by atoms with Crippen LogP contribution in [0.3, 0.4) is 0 Å². The lowest BCUT2D eigenvalue weighted by Crippen LogP contribution is -2.33. The summed E-state index contributed by atoms with van der Waals surface area (Å²) in [6.45, 7) is 0.463. The predicted octanol–water partition coefficient (Wildman–Crippen LogP) is 5.73. The zero-order chi connectivity index (χ0) is 24.1. The zero-order valence-electron chi connectivity index (χ0n) is 19.3. The van der Waals surface area contributed by atoms with Crippen LogP contribution < -0.4 is 11.1 Å². The minimum atomic E-state index is -1.25. The van der Waals surface area contributed by atoms with Gasteiger partial charge in [-0.15, -0.1) is 11.6 Å². The van der Waals surface area contributed by atoms with E-state index in [0.717, 1.165) is 35.1 Å². The second-order valence-electron chi connectivity index (χ2n) is 9.78. The number of hydrogen-bond donors (Lipinski definition) is 2. The maximum Gasteiger partial charge on any atom is 0.142 e. The van der Waals surface area contributed by atoms with Gasteiger partial charge in [0.15, 0.2) is 0 Å². The molecule has 0 bridgehead atoms. The monoisotopic (exact) mass is 492 g/mol. The van der Waals surface area contributed by atoms with Crippen LogP contribution in [-0.4, -0.2) is 28.9 Å². The molecule has 2 aromatic rings. The molecule has 0 spiro atoms. The highest BCUT2D eigenvalue weighted by atomic mass is 35.5. The largest absolute Gasteiger partial charge is 0.385 e. The fourth-order valence-electron chi connectivity index (χ4n) is 5.53. The highest BCUT2D eigenvalue weighted by Gasteiger charge is 2.39. The molecule has 3 N–H and O–H groups in total. The molecule has 3 aliphatic carbocycles. The van der Waals surface area contributed by atoms with Crippen LogP contribution in [0.25, 0.3) is 16.3 Å². The number of nitrogens with two attached hydrogens (primary N) is 1. The molecule has 1 aliphatic heterocycles. The average molecular weight is 493 g/mol. The molecule has 1 fully saturated rings. The topological polar surface area (TPSA) is 63.3 Å². The van der Waals surface area contributed by atoms with Gasteiger partial charge in [0.2, 0.25) is 0 Å². The number of benzene rings is 1. The molecular weight excluding hydrogens is 466 g/mol. The molecule has 4 aliphatic rings. The lowest BCUT2D eigenvalue weighted by molar-refractivity contribution is 0.381. The lowest BCUT2D eigenvalue weighted by atomic mass is 9.85. The highest BCUT2D eigenvalue weighted by molar-refractivity contribution is 6.22. The van der Waals surface area contributed by atoms with E-state index in [0.29, 0.717) is 53.0 Å². The number of allylic oxidation sites excluding steroid dienone is 7. The summed E-state index contributed by atoms with van der Waals surface area (Å²) in [7, 11) is 0. The molecule has 1 aromatic carbocycles. The third-order valence-electron chi connectivity index (χ3n) is 7.49. The van der Waals surface area contributed by atoms with Crippen molar-refractivity contribution in [1.29, 1.82) is 0 Å². The third-order valence-corrected chi connectivity index (χ3v) is 7.86. The van der Waals surface area contributed by atoms with Gasteiger partial charge in [0, 0.05) is 40.8 Å². The number of nitrogens with zero attached hydrogens (tertiary/aromatic N) is 2. The Balaban J connectivity index is 1.36. The summed E-state index contributed by atoms with van der Waals surface area (Å²) in [6.07, 6.45) is 12.2. The Hall–Kier alpha value is -2.99. The minimum absolute atomic E-state index is 0.327. The summed E-state index contributed by atoms with van der Waals surface area (Å²) in [6, 6.07) is 5.54. The molecule has 1 aromatic heterocycles. The fourth-order valence-corrected chi connectivity index (χ4v) is 5.77. The Morgan fingerprint density at radius 2 is 2.06 bits per heavy atom. The van der Waals surface area contributed by atoms with E-state index in [1.807, 2.05) is 18.2 Å². The first-order valence-electron chi connectivity index (χ1n) is 12.2. The normalized spacial score (nSPS) is 26.5. The first-order chi connectivity index (χ1) is 17.0. The predicted molar refractivity (Wildman–Crippen MR) is 137 cm³/mol. The van der Waals surface area contributed by atoms with Gasteiger partial charge in [0.1, 0.15) is 24.5 Å². The van der Waals surface area contributed by atoms with Crippen molar-refractivity contribution >= 4 is 33.7 Å². The molecule has 4 nitrogen and oxygen atoms in total. The van der Waals surface area contributed by atoms with Gasteiger partial charge in [-0.05, 0) is 54.2 Å². The van der Waals surface area contributed by atoms with E-state index in [-0.39, 0.29) is 5.82 Å². The maximum absolute atomic E-state index is 15.9. The van der Waals surface area contributed by atoms with Gasteiger partial charge in [0.25, 0.3) is 0 Å². The second kappa shape index (κ2) is 8.90. The molecule has 180 valence electrons. The van der Waals surface area contributed by atoms with Gasteiger partial charge < -0.3 is 11.1 Å². The van der Waals surface area contributed by atoms with Crippen LogP contribution in [-0.2, 0) is 6.42 Å². The second-order valence-corrected chi connectivity index (χ2v) is 10.3. The van der Waals surface area contributed by atoms with Crippen LogP contribution >= 0.6 is 11.6 Å². The van der Waals surface area contributed by atoms with Crippen LogP contribution in [0, 0.1) is 17.7 Å². The number of hydrogen-bond acceptors (Lipinski definition) is 4. The number of aromatic nitrogens is 1. The number of halogens is 3. The molecule has 2 heterocycles. The van der Waals surface area contributed by atoms with Gasteiger partial charge in [-0.1, -0.05) is 36.4 Å². The summed E-state index contributed by atoms with van der Waals surface area (Å²) in [4.78, 5) is 9.25. The smallest absolute Gasteiger partial charge is 0.142 e. The van der Waals surface area contributed by atoms with Crippen molar-refractivity contribution in [3.63, 3.8) is 0 Å². The van der Waals surface area contributed by atoms with E-state index >= 15 is 4.39 Å². The number of rotatable bonds is 4. The van der Waals surface area contributed by atoms with Crippen molar-refractivity contribution < 1.29 is 8.78 Å². The highest BCUT2D eigenvalue weighted by Crippen LogP contribution is 2.46. The van der Waals surface area contributed by atoms with Crippen molar-refractivity contribution in [3.05, 3.63) is 82.7 Å². The molecule has 0 radical (unpaired) electrons. The number of aliphatic imine (C=N–C) groups is 1. The zero-order valence-corrected chi connectivity index (χ0v) is 20.0. The molecule has 3 atom stereocenters. The summed E-state index contributed by atoms with van der Waals surface area (Å²) in [5.41, 5.74) is 10.8. The van der Waals surface area contributed by atoms with Crippen molar-refractivity contribution in [3.8, 4) is 0 Å². The average Bonchev–Trinajstić information content (AvgIpc) is 3.69. The van der Waals surface area contributed by atoms with Gasteiger partial charge in [-0.2, -0.15) is 0 Å². The van der Waals surface area contributed by atoms with Crippen molar-refractivity contribution in [2.24, 2.45) is 22.6 Å². The minimum Gasteiger partial charge on any atom is -0.385 e. The Morgan fingerprint density at radius 1 is 1.20 bits per heavy atom. The van der Waals surface area contributed by atoms with Gasteiger partial charge in [-0.25, -0.2) is 8.78 Å². The van der Waals surface area contributed by atoms with Crippen LogP contribution in [0.4, 0.5) is 8.78 Å². The van der Waals surface area contributed by atoms with Crippen LogP contribution in [0.2, 0.25) is 0 Å². The van der Waals surface area contributed by atoms with E-state index in [9.17, 15) is 4.39 Å². The molecule has 7 heteroatoms. The SMILES string of the molecule is NC1=C2C(c3ccc4cc(CC5=CC=CC(Cl)C5F)ncc4c3F)=CCCC(C3CC3)C2=NCN1. The lowest BCUT2D eigenvalue weighted by Gasteiger charge is -2.26. The molecule has 1 saturated carbocycles. The molecule has 6 rings (SSSR count). The van der Waals surface area contributed by atoms with E-state index < -0.39 is 11.5 Å². The third kappa shape index (κ3) is 4.08. The molecule has 0 saturated heterocycles. The Kier molecular flexibility index (Phi) is 5.72. The van der Waals surface area contributed by atoms with E-state index in [4.69, 9.17) is 22.3 Å². The summed E-state index contributed by atoms with van der Waals surface area (Å²) in [5.74, 6) is 1.27. The van der Waals surface area contributed by atoms with Gasteiger partial charge in [0.05, 0.1) is 11.1 Å². The molecule has 0 amide bonds. The number of pyridine rings is 1.